The lowest BCUT2D eigenvalue weighted by Gasteiger charge is -2.19. The molecule has 0 aromatic heterocycles. The normalized spacial score (nSPS) is 27.9. The predicted octanol–water partition coefficient (Wildman–Crippen LogP) is 2.35. The fraction of sp³-hybridized carbons (Fsp3) is 0.909. The summed E-state index contributed by atoms with van der Waals surface area (Å²) in [5.74, 6) is -0.162. The average molecular weight is 200 g/mol. The standard InChI is InChI=1S/C11H20O3/c1-7(2)6-8(3)9-10(12)14-11(4,5)13-9/h7-9H,6H2,1-5H3/t8-,9+/m1/s1. The maximum Gasteiger partial charge on any atom is 0.338 e. The van der Waals surface area contributed by atoms with Gasteiger partial charge in [0.25, 0.3) is 0 Å². The third kappa shape index (κ3) is 2.71. The van der Waals surface area contributed by atoms with Crippen LogP contribution in [0.5, 0.6) is 0 Å². The number of ether oxygens (including phenoxy) is 2. The number of carbonyl (C=O) groups is 1. The number of cyclic esters (lactones) is 1. The fourth-order valence-corrected chi connectivity index (χ4v) is 1.89. The fourth-order valence-electron chi connectivity index (χ4n) is 1.89. The predicted molar refractivity (Wildman–Crippen MR) is 53.7 cm³/mol. The van der Waals surface area contributed by atoms with Gasteiger partial charge in [-0.3, -0.25) is 0 Å². The minimum atomic E-state index is -0.743. The first kappa shape index (κ1) is 11.5. The molecule has 0 aliphatic carbocycles. The van der Waals surface area contributed by atoms with E-state index in [0.717, 1.165) is 6.42 Å². The highest BCUT2D eigenvalue weighted by molar-refractivity contribution is 5.76. The Hall–Kier alpha value is -0.570. The second-order valence-corrected chi connectivity index (χ2v) is 4.97. The van der Waals surface area contributed by atoms with Crippen LogP contribution >= 0.6 is 0 Å². The molecule has 1 saturated heterocycles. The maximum atomic E-state index is 11.5. The third-order valence-electron chi connectivity index (χ3n) is 2.35. The number of esters is 1. The van der Waals surface area contributed by atoms with Gasteiger partial charge in [-0.05, 0) is 18.3 Å². The molecule has 0 amide bonds. The molecule has 0 N–H and O–H groups in total. The van der Waals surface area contributed by atoms with Gasteiger partial charge in [0.05, 0.1) is 0 Å². The number of hydrogen-bond donors (Lipinski definition) is 0. The highest BCUT2D eigenvalue weighted by atomic mass is 16.8. The monoisotopic (exact) mass is 200 g/mol. The lowest BCUT2D eigenvalue weighted by Crippen LogP contribution is -2.27. The summed E-state index contributed by atoms with van der Waals surface area (Å²) in [5, 5.41) is 0. The van der Waals surface area contributed by atoms with Crippen molar-refractivity contribution in [3.63, 3.8) is 0 Å². The van der Waals surface area contributed by atoms with E-state index in [-0.39, 0.29) is 18.0 Å². The van der Waals surface area contributed by atoms with Crippen molar-refractivity contribution >= 4 is 5.97 Å². The Bertz CT molecular complexity index is 221. The summed E-state index contributed by atoms with van der Waals surface area (Å²) < 4.78 is 10.7. The molecule has 0 aromatic carbocycles. The minimum Gasteiger partial charge on any atom is -0.432 e. The lowest BCUT2D eigenvalue weighted by molar-refractivity contribution is -0.161. The Morgan fingerprint density at radius 1 is 1.36 bits per heavy atom. The molecule has 1 heterocycles. The molecule has 0 spiro atoms. The first-order valence-corrected chi connectivity index (χ1v) is 5.22. The van der Waals surface area contributed by atoms with Gasteiger partial charge in [0.1, 0.15) is 0 Å². The molecule has 1 rings (SSSR count). The van der Waals surface area contributed by atoms with Crippen LogP contribution < -0.4 is 0 Å². The Kier molecular flexibility index (Phi) is 3.20. The SMILES string of the molecule is CC(C)C[C@@H](C)[C@@H]1OC(C)(C)OC1=O. The average Bonchev–Trinajstić information content (AvgIpc) is 2.23. The lowest BCUT2D eigenvalue weighted by atomic mass is 9.94. The number of carbonyl (C=O) groups excluding carboxylic acids is 1. The van der Waals surface area contributed by atoms with Crippen LogP contribution in [-0.2, 0) is 14.3 Å². The van der Waals surface area contributed by atoms with E-state index in [4.69, 9.17) is 9.47 Å². The van der Waals surface area contributed by atoms with Gasteiger partial charge < -0.3 is 9.47 Å². The molecule has 3 nitrogen and oxygen atoms in total. The van der Waals surface area contributed by atoms with Gasteiger partial charge in [0, 0.05) is 13.8 Å². The molecule has 1 aliphatic rings. The topological polar surface area (TPSA) is 35.5 Å². The van der Waals surface area contributed by atoms with Gasteiger partial charge >= 0.3 is 5.97 Å². The van der Waals surface area contributed by atoms with Crippen molar-refractivity contribution in [1.82, 2.24) is 0 Å². The summed E-state index contributed by atoms with van der Waals surface area (Å²) in [5.41, 5.74) is 0. The summed E-state index contributed by atoms with van der Waals surface area (Å²) in [6.45, 7) is 9.86. The van der Waals surface area contributed by atoms with E-state index < -0.39 is 5.79 Å². The third-order valence-corrected chi connectivity index (χ3v) is 2.35. The van der Waals surface area contributed by atoms with Gasteiger partial charge in [-0.1, -0.05) is 20.8 Å². The molecule has 0 saturated carbocycles. The Labute approximate surface area is 85.8 Å². The van der Waals surface area contributed by atoms with Gasteiger partial charge in [0.2, 0.25) is 5.79 Å². The summed E-state index contributed by atoms with van der Waals surface area (Å²) >= 11 is 0. The molecule has 3 heteroatoms. The van der Waals surface area contributed by atoms with Gasteiger partial charge in [-0.2, -0.15) is 0 Å². The molecule has 82 valence electrons. The highest BCUT2D eigenvalue weighted by Crippen LogP contribution is 2.30. The van der Waals surface area contributed by atoms with Crippen molar-refractivity contribution < 1.29 is 14.3 Å². The molecule has 1 aliphatic heterocycles. The largest absolute Gasteiger partial charge is 0.432 e. The van der Waals surface area contributed by atoms with Crippen molar-refractivity contribution in [2.45, 2.75) is 52.9 Å². The van der Waals surface area contributed by atoms with Crippen LogP contribution in [0.25, 0.3) is 0 Å². The quantitative estimate of drug-likeness (QED) is 0.656. The zero-order valence-electron chi connectivity index (χ0n) is 9.66. The molecular weight excluding hydrogens is 180 g/mol. The van der Waals surface area contributed by atoms with E-state index in [1.165, 1.54) is 0 Å². The van der Waals surface area contributed by atoms with Crippen LogP contribution in [-0.4, -0.2) is 17.9 Å². The van der Waals surface area contributed by atoms with Crippen LogP contribution in [0.15, 0.2) is 0 Å². The Balaban J connectivity index is 2.57. The zero-order chi connectivity index (χ0) is 10.9. The molecule has 0 unspecified atom stereocenters. The van der Waals surface area contributed by atoms with Crippen LogP contribution in [0.2, 0.25) is 0 Å². The molecule has 1 fully saturated rings. The maximum absolute atomic E-state index is 11.5. The summed E-state index contributed by atoms with van der Waals surface area (Å²) in [6, 6.07) is 0. The molecule has 2 atom stereocenters. The van der Waals surface area contributed by atoms with E-state index in [0.29, 0.717) is 5.92 Å². The second kappa shape index (κ2) is 3.89. The van der Waals surface area contributed by atoms with Crippen molar-refractivity contribution in [3.8, 4) is 0 Å². The smallest absolute Gasteiger partial charge is 0.338 e. The van der Waals surface area contributed by atoms with Gasteiger partial charge in [-0.25, -0.2) is 4.79 Å². The van der Waals surface area contributed by atoms with E-state index in [9.17, 15) is 4.79 Å². The molecule has 0 radical (unpaired) electrons. The van der Waals surface area contributed by atoms with Crippen LogP contribution in [0.4, 0.5) is 0 Å². The summed E-state index contributed by atoms with van der Waals surface area (Å²) in [7, 11) is 0. The van der Waals surface area contributed by atoms with Crippen molar-refractivity contribution in [1.29, 1.82) is 0 Å². The van der Waals surface area contributed by atoms with Gasteiger partial charge in [-0.15, -0.1) is 0 Å². The Morgan fingerprint density at radius 3 is 2.29 bits per heavy atom. The second-order valence-electron chi connectivity index (χ2n) is 4.97. The van der Waals surface area contributed by atoms with Crippen LogP contribution in [0.1, 0.15) is 41.0 Å². The molecular formula is C11H20O3. The van der Waals surface area contributed by atoms with Crippen LogP contribution in [0.3, 0.4) is 0 Å². The Morgan fingerprint density at radius 2 is 1.93 bits per heavy atom. The van der Waals surface area contributed by atoms with Crippen molar-refractivity contribution in [2.75, 3.05) is 0 Å². The molecule has 14 heavy (non-hydrogen) atoms. The number of hydrogen-bond acceptors (Lipinski definition) is 3. The highest BCUT2D eigenvalue weighted by Gasteiger charge is 2.43. The number of rotatable bonds is 3. The first-order valence-electron chi connectivity index (χ1n) is 5.22. The van der Waals surface area contributed by atoms with Crippen molar-refractivity contribution in [2.24, 2.45) is 11.8 Å². The zero-order valence-corrected chi connectivity index (χ0v) is 9.66. The van der Waals surface area contributed by atoms with E-state index in [2.05, 4.69) is 13.8 Å². The molecule has 0 aromatic rings. The van der Waals surface area contributed by atoms with E-state index in [1.807, 2.05) is 6.92 Å². The molecule has 0 bridgehead atoms. The summed E-state index contributed by atoms with van der Waals surface area (Å²) in [4.78, 5) is 11.5. The summed E-state index contributed by atoms with van der Waals surface area (Å²) in [6.07, 6.45) is 0.600. The van der Waals surface area contributed by atoms with Crippen molar-refractivity contribution in [3.05, 3.63) is 0 Å². The van der Waals surface area contributed by atoms with E-state index in [1.54, 1.807) is 13.8 Å². The van der Waals surface area contributed by atoms with Crippen LogP contribution in [0, 0.1) is 11.8 Å². The van der Waals surface area contributed by atoms with E-state index >= 15 is 0 Å². The van der Waals surface area contributed by atoms with Gasteiger partial charge in [0.15, 0.2) is 6.10 Å². The minimum absolute atomic E-state index is 0.219. The first-order chi connectivity index (χ1) is 6.32.